The standard InChI is InChI=1S/C27H22IN3O4/c1-15-21-12-22-23(13-24(21)35-26(33)25(15)16(2)32)31(14-17-5-4-6-18(28)11-17)27(30-22)29-19-7-9-20(34-3)10-8-19/h4-13H,14H2,1-3H3,(H,29,30). The number of ketones is 1. The molecule has 0 amide bonds. The van der Waals surface area contributed by atoms with E-state index in [1.54, 1.807) is 14.0 Å². The summed E-state index contributed by atoms with van der Waals surface area (Å²) in [5.41, 5.74) is 3.98. The topological polar surface area (TPSA) is 86.4 Å². The maximum Gasteiger partial charge on any atom is 0.347 e. The average molecular weight is 579 g/mol. The first-order chi connectivity index (χ1) is 16.8. The Labute approximate surface area is 214 Å². The van der Waals surface area contributed by atoms with E-state index in [0.29, 0.717) is 29.0 Å². The van der Waals surface area contributed by atoms with Crippen LogP contribution in [0.3, 0.4) is 0 Å². The first-order valence-corrected chi connectivity index (χ1v) is 12.1. The molecule has 176 valence electrons. The van der Waals surface area contributed by atoms with Crippen molar-refractivity contribution in [3.63, 3.8) is 0 Å². The third-order valence-electron chi connectivity index (χ3n) is 5.96. The minimum Gasteiger partial charge on any atom is -0.497 e. The Balaban J connectivity index is 1.71. The van der Waals surface area contributed by atoms with Gasteiger partial charge >= 0.3 is 5.63 Å². The van der Waals surface area contributed by atoms with Gasteiger partial charge in [-0.3, -0.25) is 4.79 Å². The molecule has 0 aliphatic carbocycles. The number of anilines is 2. The first-order valence-electron chi connectivity index (χ1n) is 11.0. The predicted octanol–water partition coefficient (Wildman–Crippen LogP) is 6.06. The zero-order chi connectivity index (χ0) is 24.7. The highest BCUT2D eigenvalue weighted by Gasteiger charge is 2.19. The SMILES string of the molecule is COc1ccc(Nc2nc3cc4c(C)c(C(C)=O)c(=O)oc4cc3n2Cc2cccc(I)c2)cc1. The monoisotopic (exact) mass is 579 g/mol. The number of Topliss-reactive ketones (excluding diaryl/α,β-unsaturated/α-hetero) is 1. The highest BCUT2D eigenvalue weighted by molar-refractivity contribution is 14.1. The zero-order valence-electron chi connectivity index (χ0n) is 19.4. The average Bonchev–Trinajstić information content (AvgIpc) is 3.14. The number of aryl methyl sites for hydroxylation is 1. The molecule has 7 nitrogen and oxygen atoms in total. The van der Waals surface area contributed by atoms with E-state index >= 15 is 0 Å². The minimum absolute atomic E-state index is 0.0757. The summed E-state index contributed by atoms with van der Waals surface area (Å²) < 4.78 is 14.0. The van der Waals surface area contributed by atoms with Crippen LogP contribution in [0, 0.1) is 10.5 Å². The van der Waals surface area contributed by atoms with Gasteiger partial charge in [0.25, 0.3) is 0 Å². The summed E-state index contributed by atoms with van der Waals surface area (Å²) >= 11 is 2.30. The van der Waals surface area contributed by atoms with Crippen LogP contribution in [-0.2, 0) is 6.54 Å². The van der Waals surface area contributed by atoms with Gasteiger partial charge in [-0.25, -0.2) is 9.78 Å². The number of rotatable bonds is 6. The van der Waals surface area contributed by atoms with Crippen LogP contribution in [0.2, 0.25) is 0 Å². The van der Waals surface area contributed by atoms with Crippen molar-refractivity contribution in [1.29, 1.82) is 0 Å². The number of carbonyl (C=O) groups excluding carboxylic acids is 1. The number of hydrogen-bond donors (Lipinski definition) is 1. The number of carbonyl (C=O) groups is 1. The molecule has 0 saturated heterocycles. The van der Waals surface area contributed by atoms with E-state index in [0.717, 1.165) is 31.6 Å². The third kappa shape index (κ3) is 4.41. The summed E-state index contributed by atoms with van der Waals surface area (Å²) in [6, 6.07) is 19.6. The zero-order valence-corrected chi connectivity index (χ0v) is 21.5. The van der Waals surface area contributed by atoms with E-state index in [2.05, 4.69) is 44.6 Å². The number of benzene rings is 3. The Morgan fingerprint density at radius 2 is 1.91 bits per heavy atom. The van der Waals surface area contributed by atoms with Crippen LogP contribution in [-0.4, -0.2) is 22.4 Å². The summed E-state index contributed by atoms with van der Waals surface area (Å²) in [6.45, 7) is 3.70. The van der Waals surface area contributed by atoms with Crippen molar-refractivity contribution < 1.29 is 13.9 Å². The van der Waals surface area contributed by atoms with Gasteiger partial charge in [0, 0.05) is 20.7 Å². The molecule has 2 aromatic heterocycles. The Hall–Kier alpha value is -3.66. The molecule has 5 rings (SSSR count). The maximum absolute atomic E-state index is 12.5. The molecular formula is C27H22IN3O4. The fourth-order valence-electron chi connectivity index (χ4n) is 4.25. The molecule has 5 aromatic rings. The molecular weight excluding hydrogens is 557 g/mol. The molecule has 2 heterocycles. The van der Waals surface area contributed by atoms with Gasteiger partial charge in [-0.15, -0.1) is 0 Å². The van der Waals surface area contributed by atoms with Gasteiger partial charge in [-0.1, -0.05) is 12.1 Å². The Kier molecular flexibility index (Phi) is 6.06. The fourth-order valence-corrected chi connectivity index (χ4v) is 4.86. The van der Waals surface area contributed by atoms with Crippen LogP contribution >= 0.6 is 22.6 Å². The van der Waals surface area contributed by atoms with Crippen LogP contribution in [0.25, 0.3) is 22.0 Å². The quantitative estimate of drug-likeness (QED) is 0.150. The van der Waals surface area contributed by atoms with Crippen molar-refractivity contribution in [3.05, 3.63) is 91.3 Å². The van der Waals surface area contributed by atoms with Gasteiger partial charge in [0.05, 0.1) is 24.7 Å². The van der Waals surface area contributed by atoms with E-state index in [4.69, 9.17) is 14.1 Å². The van der Waals surface area contributed by atoms with Crippen LogP contribution < -0.4 is 15.7 Å². The van der Waals surface area contributed by atoms with Crippen LogP contribution in [0.1, 0.15) is 28.4 Å². The van der Waals surface area contributed by atoms with Crippen molar-refractivity contribution in [1.82, 2.24) is 9.55 Å². The van der Waals surface area contributed by atoms with E-state index in [9.17, 15) is 9.59 Å². The molecule has 1 N–H and O–H groups in total. The molecule has 0 radical (unpaired) electrons. The third-order valence-corrected chi connectivity index (χ3v) is 6.63. The van der Waals surface area contributed by atoms with Gasteiger partial charge in [-0.05, 0) is 90.0 Å². The number of aromatic nitrogens is 2. The summed E-state index contributed by atoms with van der Waals surface area (Å²) in [6.07, 6.45) is 0. The first kappa shape index (κ1) is 23.1. The molecule has 0 aliphatic heterocycles. The highest BCUT2D eigenvalue weighted by Crippen LogP contribution is 2.30. The number of imidazole rings is 1. The second-order valence-electron chi connectivity index (χ2n) is 8.29. The lowest BCUT2D eigenvalue weighted by molar-refractivity contribution is 0.101. The number of nitrogens with zero attached hydrogens (tertiary/aromatic N) is 2. The summed E-state index contributed by atoms with van der Waals surface area (Å²) in [4.78, 5) is 29.4. The fraction of sp³-hybridized carbons (Fsp3) is 0.148. The summed E-state index contributed by atoms with van der Waals surface area (Å²) in [7, 11) is 1.63. The van der Waals surface area contributed by atoms with Crippen molar-refractivity contribution in [2.75, 3.05) is 12.4 Å². The van der Waals surface area contributed by atoms with Crippen LogP contribution in [0.15, 0.2) is 69.9 Å². The van der Waals surface area contributed by atoms with Gasteiger partial charge in [0.15, 0.2) is 5.78 Å². The van der Waals surface area contributed by atoms with Crippen molar-refractivity contribution in [2.45, 2.75) is 20.4 Å². The minimum atomic E-state index is -0.623. The molecule has 8 heteroatoms. The predicted molar refractivity (Wildman–Crippen MR) is 145 cm³/mol. The highest BCUT2D eigenvalue weighted by atomic mass is 127. The van der Waals surface area contributed by atoms with E-state index in [1.807, 2.05) is 48.5 Å². The number of methoxy groups -OCH3 is 1. The lowest BCUT2D eigenvalue weighted by Gasteiger charge is -2.12. The molecule has 0 bridgehead atoms. The second kappa shape index (κ2) is 9.18. The summed E-state index contributed by atoms with van der Waals surface area (Å²) in [5, 5.41) is 4.10. The Morgan fingerprint density at radius 1 is 1.14 bits per heavy atom. The number of halogens is 1. The van der Waals surface area contributed by atoms with Gasteiger partial charge in [0.2, 0.25) is 5.95 Å². The van der Waals surface area contributed by atoms with Gasteiger partial charge in [-0.2, -0.15) is 0 Å². The molecule has 35 heavy (non-hydrogen) atoms. The number of ether oxygens (including phenoxy) is 1. The molecule has 0 fully saturated rings. The van der Waals surface area contributed by atoms with E-state index in [-0.39, 0.29) is 11.3 Å². The van der Waals surface area contributed by atoms with Gasteiger partial charge in [0.1, 0.15) is 16.9 Å². The maximum atomic E-state index is 12.5. The molecule has 0 unspecified atom stereocenters. The number of hydrogen-bond acceptors (Lipinski definition) is 6. The lowest BCUT2D eigenvalue weighted by atomic mass is 10.0. The van der Waals surface area contributed by atoms with Gasteiger partial charge < -0.3 is 19.0 Å². The second-order valence-corrected chi connectivity index (χ2v) is 9.53. The molecule has 3 aromatic carbocycles. The van der Waals surface area contributed by atoms with Crippen molar-refractivity contribution in [3.8, 4) is 5.75 Å². The van der Waals surface area contributed by atoms with E-state index in [1.165, 1.54) is 6.92 Å². The molecule has 0 spiro atoms. The number of nitrogens with one attached hydrogen (secondary N) is 1. The largest absolute Gasteiger partial charge is 0.497 e. The normalized spacial score (nSPS) is 11.2. The van der Waals surface area contributed by atoms with Crippen LogP contribution in [0.5, 0.6) is 5.75 Å². The van der Waals surface area contributed by atoms with Crippen LogP contribution in [0.4, 0.5) is 11.6 Å². The molecule has 0 atom stereocenters. The van der Waals surface area contributed by atoms with E-state index < -0.39 is 5.63 Å². The molecule has 0 aliphatic rings. The Morgan fingerprint density at radius 3 is 2.60 bits per heavy atom. The smallest absolute Gasteiger partial charge is 0.347 e. The Bertz CT molecular complexity index is 1650. The summed E-state index contributed by atoms with van der Waals surface area (Å²) in [5.74, 6) is 1.09. The lowest BCUT2D eigenvalue weighted by Crippen LogP contribution is -2.14. The number of fused-ring (bicyclic) bond motifs is 2. The molecule has 0 saturated carbocycles. The van der Waals surface area contributed by atoms with Crippen molar-refractivity contribution in [2.24, 2.45) is 0 Å². The van der Waals surface area contributed by atoms with Crippen molar-refractivity contribution >= 4 is 62.0 Å².